The Bertz CT molecular complexity index is 569. The Kier molecular flexibility index (Phi) is 8.50. The van der Waals surface area contributed by atoms with Crippen LogP contribution in [0.5, 0.6) is 5.75 Å². The van der Waals surface area contributed by atoms with E-state index in [0.29, 0.717) is 12.6 Å². The standard InChI is InChI=1S/C22H32N2O/c1-4-23(5-2)16-17-24(18-21-12-8-6-9-13-21)20(3)19-25-22-14-10-7-11-15-22/h6-15,20H,4-5,16-19H2,1-3H3. The molecule has 0 heterocycles. The van der Waals surface area contributed by atoms with Gasteiger partial charge in [0.15, 0.2) is 0 Å². The van der Waals surface area contributed by atoms with Gasteiger partial charge in [-0.3, -0.25) is 4.90 Å². The molecule has 0 aromatic heterocycles. The fourth-order valence-electron chi connectivity index (χ4n) is 2.92. The zero-order chi connectivity index (χ0) is 17.9. The molecule has 0 amide bonds. The summed E-state index contributed by atoms with van der Waals surface area (Å²) in [7, 11) is 0. The molecule has 2 rings (SSSR count). The molecule has 0 saturated carbocycles. The van der Waals surface area contributed by atoms with Crippen molar-refractivity contribution in [2.45, 2.75) is 33.4 Å². The Morgan fingerprint density at radius 3 is 2.04 bits per heavy atom. The highest BCUT2D eigenvalue weighted by Crippen LogP contribution is 2.13. The average molecular weight is 341 g/mol. The Hall–Kier alpha value is -1.84. The summed E-state index contributed by atoms with van der Waals surface area (Å²) in [6.07, 6.45) is 0. The third-order valence-electron chi connectivity index (χ3n) is 4.68. The second-order valence-corrected chi connectivity index (χ2v) is 6.46. The SMILES string of the molecule is CCN(CC)CCN(Cc1ccccc1)C(C)COc1ccccc1. The summed E-state index contributed by atoms with van der Waals surface area (Å²) >= 11 is 0. The first-order valence-electron chi connectivity index (χ1n) is 9.41. The van der Waals surface area contributed by atoms with E-state index in [1.807, 2.05) is 30.3 Å². The number of benzene rings is 2. The fraction of sp³-hybridized carbons (Fsp3) is 0.455. The molecule has 2 aromatic carbocycles. The van der Waals surface area contributed by atoms with Gasteiger partial charge < -0.3 is 9.64 Å². The molecule has 0 N–H and O–H groups in total. The van der Waals surface area contributed by atoms with E-state index in [9.17, 15) is 0 Å². The molecule has 1 atom stereocenters. The van der Waals surface area contributed by atoms with Crippen molar-refractivity contribution in [3.63, 3.8) is 0 Å². The van der Waals surface area contributed by atoms with Gasteiger partial charge in [-0.1, -0.05) is 62.4 Å². The van der Waals surface area contributed by atoms with Crippen LogP contribution in [0.1, 0.15) is 26.3 Å². The largest absolute Gasteiger partial charge is 0.492 e. The van der Waals surface area contributed by atoms with Crippen molar-refractivity contribution in [1.29, 1.82) is 0 Å². The minimum Gasteiger partial charge on any atom is -0.492 e. The van der Waals surface area contributed by atoms with Gasteiger partial charge in [0.2, 0.25) is 0 Å². The van der Waals surface area contributed by atoms with Gasteiger partial charge in [-0.2, -0.15) is 0 Å². The van der Waals surface area contributed by atoms with Gasteiger partial charge in [0, 0.05) is 25.7 Å². The predicted octanol–water partition coefficient (Wildman–Crippen LogP) is 4.30. The number of para-hydroxylation sites is 1. The fourth-order valence-corrected chi connectivity index (χ4v) is 2.92. The van der Waals surface area contributed by atoms with Crippen molar-refractivity contribution in [3.8, 4) is 5.75 Å². The molecule has 3 nitrogen and oxygen atoms in total. The van der Waals surface area contributed by atoms with Gasteiger partial charge in [0.1, 0.15) is 12.4 Å². The van der Waals surface area contributed by atoms with E-state index in [0.717, 1.165) is 38.5 Å². The van der Waals surface area contributed by atoms with Gasteiger partial charge in [-0.05, 0) is 37.7 Å². The molecule has 0 fully saturated rings. The lowest BCUT2D eigenvalue weighted by Crippen LogP contribution is -2.42. The molecule has 0 bridgehead atoms. The van der Waals surface area contributed by atoms with Crippen molar-refractivity contribution in [2.24, 2.45) is 0 Å². The smallest absolute Gasteiger partial charge is 0.119 e. The highest BCUT2D eigenvalue weighted by molar-refractivity contribution is 5.21. The van der Waals surface area contributed by atoms with Crippen molar-refractivity contribution in [1.82, 2.24) is 9.80 Å². The first-order valence-corrected chi connectivity index (χ1v) is 9.41. The van der Waals surface area contributed by atoms with Crippen molar-refractivity contribution in [2.75, 3.05) is 32.8 Å². The van der Waals surface area contributed by atoms with Crippen LogP contribution in [0.2, 0.25) is 0 Å². The van der Waals surface area contributed by atoms with Crippen molar-refractivity contribution < 1.29 is 4.74 Å². The zero-order valence-electron chi connectivity index (χ0n) is 15.9. The van der Waals surface area contributed by atoms with E-state index < -0.39 is 0 Å². The van der Waals surface area contributed by atoms with Gasteiger partial charge >= 0.3 is 0 Å². The van der Waals surface area contributed by atoms with Gasteiger partial charge in [0.05, 0.1) is 0 Å². The summed E-state index contributed by atoms with van der Waals surface area (Å²) in [6, 6.07) is 21.2. The number of ether oxygens (including phenoxy) is 1. The van der Waals surface area contributed by atoms with E-state index in [4.69, 9.17) is 4.74 Å². The van der Waals surface area contributed by atoms with Crippen LogP contribution in [0.4, 0.5) is 0 Å². The second-order valence-electron chi connectivity index (χ2n) is 6.46. The molecule has 0 saturated heterocycles. The van der Waals surface area contributed by atoms with Crippen LogP contribution in [0, 0.1) is 0 Å². The monoisotopic (exact) mass is 340 g/mol. The molecule has 0 aliphatic rings. The summed E-state index contributed by atoms with van der Waals surface area (Å²) in [5.74, 6) is 0.942. The van der Waals surface area contributed by atoms with Crippen LogP contribution in [-0.4, -0.2) is 48.6 Å². The van der Waals surface area contributed by atoms with Gasteiger partial charge in [-0.25, -0.2) is 0 Å². The maximum Gasteiger partial charge on any atom is 0.119 e. The van der Waals surface area contributed by atoms with Gasteiger partial charge in [0.25, 0.3) is 0 Å². The first kappa shape index (κ1) is 19.5. The van der Waals surface area contributed by atoms with E-state index in [1.54, 1.807) is 0 Å². The molecule has 3 heteroatoms. The Labute approximate surface area is 153 Å². The van der Waals surface area contributed by atoms with E-state index in [-0.39, 0.29) is 0 Å². The number of hydrogen-bond donors (Lipinski definition) is 0. The molecule has 136 valence electrons. The zero-order valence-corrected chi connectivity index (χ0v) is 15.9. The second kappa shape index (κ2) is 10.9. The van der Waals surface area contributed by atoms with E-state index >= 15 is 0 Å². The summed E-state index contributed by atoms with van der Waals surface area (Å²) in [5.41, 5.74) is 1.36. The van der Waals surface area contributed by atoms with Crippen LogP contribution >= 0.6 is 0 Å². The van der Waals surface area contributed by atoms with Crippen LogP contribution in [0.3, 0.4) is 0 Å². The summed E-state index contributed by atoms with van der Waals surface area (Å²) in [6.45, 7) is 12.7. The molecular weight excluding hydrogens is 308 g/mol. The lowest BCUT2D eigenvalue weighted by atomic mass is 10.2. The van der Waals surface area contributed by atoms with E-state index in [1.165, 1.54) is 5.56 Å². The molecule has 0 aliphatic carbocycles. The van der Waals surface area contributed by atoms with Crippen LogP contribution in [0.15, 0.2) is 60.7 Å². The third kappa shape index (κ3) is 6.89. The topological polar surface area (TPSA) is 15.7 Å². The third-order valence-corrected chi connectivity index (χ3v) is 4.68. The molecule has 25 heavy (non-hydrogen) atoms. The quantitative estimate of drug-likeness (QED) is 0.607. The lowest BCUT2D eigenvalue weighted by molar-refractivity contribution is 0.123. The van der Waals surface area contributed by atoms with Crippen LogP contribution in [0.25, 0.3) is 0 Å². The molecule has 0 spiro atoms. The summed E-state index contributed by atoms with van der Waals surface area (Å²) in [4.78, 5) is 5.00. The average Bonchev–Trinajstić information content (AvgIpc) is 2.67. The Morgan fingerprint density at radius 1 is 0.840 bits per heavy atom. The van der Waals surface area contributed by atoms with Crippen LogP contribution < -0.4 is 4.74 Å². The minimum absolute atomic E-state index is 0.357. The molecular formula is C22H32N2O. The minimum atomic E-state index is 0.357. The summed E-state index contributed by atoms with van der Waals surface area (Å²) < 4.78 is 5.99. The number of rotatable bonds is 11. The highest BCUT2D eigenvalue weighted by Gasteiger charge is 2.16. The molecule has 2 aromatic rings. The molecule has 0 aliphatic heterocycles. The maximum absolute atomic E-state index is 5.99. The van der Waals surface area contributed by atoms with Crippen LogP contribution in [-0.2, 0) is 6.54 Å². The lowest BCUT2D eigenvalue weighted by Gasteiger charge is -2.31. The van der Waals surface area contributed by atoms with Gasteiger partial charge in [-0.15, -0.1) is 0 Å². The Balaban J connectivity index is 1.96. The first-order chi connectivity index (χ1) is 12.2. The number of likely N-dealkylation sites (N-methyl/N-ethyl adjacent to an activating group) is 1. The number of nitrogens with zero attached hydrogens (tertiary/aromatic N) is 2. The maximum atomic E-state index is 5.99. The van der Waals surface area contributed by atoms with Crippen molar-refractivity contribution in [3.05, 3.63) is 66.2 Å². The predicted molar refractivity (Wildman–Crippen MR) is 106 cm³/mol. The Morgan fingerprint density at radius 2 is 1.44 bits per heavy atom. The molecule has 1 unspecified atom stereocenters. The van der Waals surface area contributed by atoms with Crippen molar-refractivity contribution >= 4 is 0 Å². The number of hydrogen-bond acceptors (Lipinski definition) is 3. The normalized spacial score (nSPS) is 12.5. The highest BCUT2D eigenvalue weighted by atomic mass is 16.5. The molecule has 0 radical (unpaired) electrons. The van der Waals surface area contributed by atoms with E-state index in [2.05, 4.69) is 60.9 Å². The summed E-state index contributed by atoms with van der Waals surface area (Å²) in [5, 5.41) is 0.